The van der Waals surface area contributed by atoms with Crippen LogP contribution in [0.15, 0.2) is 42.6 Å². The molecule has 1 amide bonds. The van der Waals surface area contributed by atoms with Crippen molar-refractivity contribution in [3.05, 3.63) is 53.9 Å². The lowest BCUT2D eigenvalue weighted by atomic mass is 10.1. The van der Waals surface area contributed by atoms with Gasteiger partial charge in [0.15, 0.2) is 0 Å². The molecule has 2 heterocycles. The molecule has 1 aromatic carbocycles. The summed E-state index contributed by atoms with van der Waals surface area (Å²) in [4.78, 5) is 13.8. The minimum atomic E-state index is 0.0706. The molecule has 0 atom stereocenters. The van der Waals surface area contributed by atoms with Gasteiger partial charge in [-0.2, -0.15) is 0 Å². The third kappa shape index (κ3) is 1.18. The molecule has 3 heteroatoms. The van der Waals surface area contributed by atoms with E-state index in [-0.39, 0.29) is 5.91 Å². The first kappa shape index (κ1) is 9.21. The summed E-state index contributed by atoms with van der Waals surface area (Å²) < 4.78 is 1.96. The molecule has 3 nitrogen and oxygen atoms in total. The van der Waals surface area contributed by atoms with E-state index >= 15 is 0 Å². The van der Waals surface area contributed by atoms with Crippen LogP contribution in [0.25, 0.3) is 5.69 Å². The Bertz CT molecular complexity index is 557. The van der Waals surface area contributed by atoms with E-state index < -0.39 is 0 Å². The highest BCUT2D eigenvalue weighted by molar-refractivity contribution is 5.94. The predicted molar refractivity (Wildman–Crippen MR) is 61.6 cm³/mol. The van der Waals surface area contributed by atoms with Crippen molar-refractivity contribution >= 4 is 5.91 Å². The highest BCUT2D eigenvalue weighted by Gasteiger charge is 2.22. The van der Waals surface area contributed by atoms with E-state index in [4.69, 9.17) is 0 Å². The zero-order valence-electron chi connectivity index (χ0n) is 9.05. The molecule has 0 fully saturated rings. The van der Waals surface area contributed by atoms with Gasteiger partial charge < -0.3 is 9.47 Å². The lowest BCUT2D eigenvalue weighted by molar-refractivity contribution is 0.0782. The summed E-state index contributed by atoms with van der Waals surface area (Å²) in [5.74, 6) is 0.0706. The maximum atomic E-state index is 12.1. The molecule has 1 aliphatic rings. The molecule has 0 aliphatic carbocycles. The predicted octanol–water partition coefficient (Wildman–Crippen LogP) is 2.06. The lowest BCUT2D eigenvalue weighted by Crippen LogP contribution is -2.25. The van der Waals surface area contributed by atoms with Crippen LogP contribution in [0.1, 0.15) is 16.1 Å². The molecule has 0 spiro atoms. The van der Waals surface area contributed by atoms with Gasteiger partial charge >= 0.3 is 0 Å². The minimum Gasteiger partial charge on any atom is -0.336 e. The zero-order valence-corrected chi connectivity index (χ0v) is 9.05. The number of hydrogen-bond donors (Lipinski definition) is 0. The van der Waals surface area contributed by atoms with Crippen LogP contribution in [0, 0.1) is 0 Å². The van der Waals surface area contributed by atoms with Crippen molar-refractivity contribution in [2.24, 2.45) is 0 Å². The molecule has 1 aromatic heterocycles. The fourth-order valence-corrected chi connectivity index (χ4v) is 2.17. The van der Waals surface area contributed by atoms with Crippen LogP contribution in [0.3, 0.4) is 0 Å². The lowest BCUT2D eigenvalue weighted by Gasteiger charge is -2.13. The van der Waals surface area contributed by atoms with Crippen molar-refractivity contribution in [1.29, 1.82) is 0 Å². The molecule has 0 saturated heterocycles. The van der Waals surface area contributed by atoms with Crippen molar-refractivity contribution in [2.75, 3.05) is 7.05 Å². The molecule has 0 unspecified atom stereocenters. The Hall–Kier alpha value is -2.03. The van der Waals surface area contributed by atoms with E-state index in [0.29, 0.717) is 6.54 Å². The van der Waals surface area contributed by atoms with Crippen molar-refractivity contribution in [1.82, 2.24) is 9.47 Å². The molecule has 0 N–H and O–H groups in total. The van der Waals surface area contributed by atoms with Crippen LogP contribution < -0.4 is 0 Å². The quantitative estimate of drug-likeness (QED) is 0.656. The first-order valence-electron chi connectivity index (χ1n) is 5.28. The molecule has 0 radical (unpaired) electrons. The number of para-hydroxylation sites is 1. The highest BCUT2D eigenvalue weighted by atomic mass is 16.2. The molecule has 0 saturated carbocycles. The molecule has 16 heavy (non-hydrogen) atoms. The highest BCUT2D eigenvalue weighted by Crippen LogP contribution is 2.23. The normalized spacial score (nSPS) is 14.3. The average Bonchev–Trinajstić information content (AvgIpc) is 2.74. The smallest absolute Gasteiger partial charge is 0.270 e. The maximum absolute atomic E-state index is 12.1. The summed E-state index contributed by atoms with van der Waals surface area (Å²) in [5, 5.41) is 0. The molecular weight excluding hydrogens is 200 g/mol. The second kappa shape index (κ2) is 3.23. The Morgan fingerprint density at radius 3 is 2.81 bits per heavy atom. The van der Waals surface area contributed by atoms with Gasteiger partial charge in [-0.1, -0.05) is 18.2 Å². The summed E-state index contributed by atoms with van der Waals surface area (Å²) in [5.41, 5.74) is 3.00. The summed E-state index contributed by atoms with van der Waals surface area (Å²) in [6.45, 7) is 0.663. The van der Waals surface area contributed by atoms with Gasteiger partial charge in [0.1, 0.15) is 5.69 Å². The summed E-state index contributed by atoms with van der Waals surface area (Å²) in [7, 11) is 1.84. The van der Waals surface area contributed by atoms with E-state index in [1.165, 1.54) is 5.56 Å². The number of hydrogen-bond acceptors (Lipinski definition) is 1. The molecular formula is C13H12N2O. The van der Waals surface area contributed by atoms with Crippen molar-refractivity contribution < 1.29 is 4.79 Å². The Kier molecular flexibility index (Phi) is 1.86. The number of aromatic nitrogens is 1. The Morgan fingerprint density at radius 2 is 1.94 bits per heavy atom. The molecule has 1 aliphatic heterocycles. The minimum absolute atomic E-state index is 0.0706. The summed E-state index contributed by atoms with van der Waals surface area (Å²) >= 11 is 0. The number of rotatable bonds is 0. The second-order valence-electron chi connectivity index (χ2n) is 4.05. The van der Waals surface area contributed by atoms with Gasteiger partial charge in [-0.05, 0) is 23.8 Å². The largest absolute Gasteiger partial charge is 0.336 e. The number of fused-ring (bicyclic) bond motifs is 3. The maximum Gasteiger partial charge on any atom is 0.270 e. The van der Waals surface area contributed by atoms with E-state index in [0.717, 1.165) is 11.4 Å². The van der Waals surface area contributed by atoms with E-state index in [1.54, 1.807) is 4.90 Å². The Balaban J connectivity index is 2.31. The SMILES string of the molecule is CN1Cc2ccccc2-n2cccc2C1=O. The van der Waals surface area contributed by atoms with Crippen molar-refractivity contribution in [2.45, 2.75) is 6.54 Å². The van der Waals surface area contributed by atoms with Crippen LogP contribution in [0.2, 0.25) is 0 Å². The van der Waals surface area contributed by atoms with E-state index in [9.17, 15) is 4.79 Å². The molecule has 2 aromatic rings. The van der Waals surface area contributed by atoms with Gasteiger partial charge in [-0.3, -0.25) is 4.79 Å². The van der Waals surface area contributed by atoms with Gasteiger partial charge in [0.25, 0.3) is 5.91 Å². The summed E-state index contributed by atoms with van der Waals surface area (Å²) in [6, 6.07) is 11.9. The number of amides is 1. The standard InChI is InChI=1S/C13H12N2O/c1-14-9-10-5-2-3-6-11(10)15-8-4-7-12(15)13(14)16/h2-8H,9H2,1H3. The van der Waals surface area contributed by atoms with Crippen LogP contribution >= 0.6 is 0 Å². The van der Waals surface area contributed by atoms with E-state index in [2.05, 4.69) is 6.07 Å². The number of carbonyl (C=O) groups is 1. The van der Waals surface area contributed by atoms with Crippen molar-refractivity contribution in [3.63, 3.8) is 0 Å². The van der Waals surface area contributed by atoms with Gasteiger partial charge in [-0.25, -0.2) is 0 Å². The average molecular weight is 212 g/mol. The Morgan fingerprint density at radius 1 is 1.12 bits per heavy atom. The monoisotopic (exact) mass is 212 g/mol. The fraction of sp³-hybridized carbons (Fsp3) is 0.154. The number of carbonyl (C=O) groups excluding carboxylic acids is 1. The van der Waals surface area contributed by atoms with Gasteiger partial charge in [-0.15, -0.1) is 0 Å². The molecule has 80 valence electrons. The van der Waals surface area contributed by atoms with E-state index in [1.807, 2.05) is 48.1 Å². The van der Waals surface area contributed by atoms with Crippen LogP contribution in [0.4, 0.5) is 0 Å². The molecule has 0 bridgehead atoms. The number of nitrogens with zero attached hydrogens (tertiary/aromatic N) is 2. The molecule has 3 rings (SSSR count). The third-order valence-corrected chi connectivity index (χ3v) is 2.97. The van der Waals surface area contributed by atoms with Crippen molar-refractivity contribution in [3.8, 4) is 5.69 Å². The zero-order chi connectivity index (χ0) is 11.1. The Labute approximate surface area is 93.9 Å². The third-order valence-electron chi connectivity index (χ3n) is 2.97. The number of benzene rings is 1. The fourth-order valence-electron chi connectivity index (χ4n) is 2.17. The van der Waals surface area contributed by atoms with Crippen LogP contribution in [0.5, 0.6) is 0 Å². The van der Waals surface area contributed by atoms with Gasteiger partial charge in [0.05, 0.1) is 5.69 Å². The first-order valence-corrected chi connectivity index (χ1v) is 5.28. The van der Waals surface area contributed by atoms with Crippen LogP contribution in [-0.4, -0.2) is 22.4 Å². The topological polar surface area (TPSA) is 25.2 Å². The summed E-state index contributed by atoms with van der Waals surface area (Å²) in [6.07, 6.45) is 1.94. The second-order valence-corrected chi connectivity index (χ2v) is 4.05. The van der Waals surface area contributed by atoms with Crippen LogP contribution in [-0.2, 0) is 6.54 Å². The van der Waals surface area contributed by atoms with Gasteiger partial charge in [0, 0.05) is 19.8 Å². The van der Waals surface area contributed by atoms with Gasteiger partial charge in [0.2, 0.25) is 0 Å². The first-order chi connectivity index (χ1) is 7.77.